The van der Waals surface area contributed by atoms with Crippen molar-refractivity contribution in [1.29, 1.82) is 0 Å². The molecule has 0 amide bonds. The summed E-state index contributed by atoms with van der Waals surface area (Å²) in [4.78, 5) is 11.7. The summed E-state index contributed by atoms with van der Waals surface area (Å²) in [7, 11) is -3.60. The Morgan fingerprint density at radius 3 is 2.29 bits per heavy atom. The molecular formula is C25H23ClFN5O2S. The number of nitrogens with one attached hydrogen (secondary N) is 1. The van der Waals surface area contributed by atoms with E-state index in [1.165, 1.54) is 28.6 Å². The monoisotopic (exact) mass is 511 g/mol. The number of halogens is 2. The number of benzene rings is 3. The Morgan fingerprint density at radius 1 is 0.886 bits per heavy atom. The van der Waals surface area contributed by atoms with Crippen LogP contribution in [-0.2, 0) is 16.6 Å². The Morgan fingerprint density at radius 2 is 1.57 bits per heavy atom. The zero-order valence-electron chi connectivity index (χ0n) is 18.7. The zero-order chi connectivity index (χ0) is 24.4. The molecule has 0 radical (unpaired) electrons. The van der Waals surface area contributed by atoms with E-state index in [1.807, 2.05) is 29.2 Å². The molecule has 1 aliphatic rings. The summed E-state index contributed by atoms with van der Waals surface area (Å²) in [5.74, 6) is 0.931. The van der Waals surface area contributed by atoms with E-state index in [4.69, 9.17) is 21.6 Å². The second-order valence-corrected chi connectivity index (χ2v) is 10.6. The molecule has 1 fully saturated rings. The SMILES string of the molecule is O=S(=O)(c1ccc(Cl)cc1)N1CCN(c2nc(NCc3ccc(F)cc3)c3ccccc3n2)CC1. The van der Waals surface area contributed by atoms with Crippen LogP contribution in [0.5, 0.6) is 0 Å². The quantitative estimate of drug-likeness (QED) is 0.409. The Labute approximate surface area is 208 Å². The van der Waals surface area contributed by atoms with Crippen molar-refractivity contribution in [3.05, 3.63) is 89.2 Å². The summed E-state index contributed by atoms with van der Waals surface area (Å²) in [6.45, 7) is 2.04. The molecule has 35 heavy (non-hydrogen) atoms. The number of fused-ring (bicyclic) bond motifs is 1. The molecule has 0 bridgehead atoms. The molecule has 7 nitrogen and oxygen atoms in total. The summed E-state index contributed by atoms with van der Waals surface area (Å²) in [6, 6.07) is 20.2. The summed E-state index contributed by atoms with van der Waals surface area (Å²) < 4.78 is 40.7. The van der Waals surface area contributed by atoms with Gasteiger partial charge < -0.3 is 10.2 Å². The molecule has 1 N–H and O–H groups in total. The van der Waals surface area contributed by atoms with Crippen molar-refractivity contribution in [1.82, 2.24) is 14.3 Å². The topological polar surface area (TPSA) is 78.4 Å². The molecule has 0 saturated carbocycles. The van der Waals surface area contributed by atoms with Gasteiger partial charge in [-0.3, -0.25) is 0 Å². The van der Waals surface area contributed by atoms with Gasteiger partial charge in [0.25, 0.3) is 0 Å². The third-order valence-corrected chi connectivity index (χ3v) is 8.10. The predicted octanol–water partition coefficient (Wildman–Crippen LogP) is 4.55. The summed E-state index contributed by atoms with van der Waals surface area (Å²) >= 11 is 5.90. The lowest BCUT2D eigenvalue weighted by molar-refractivity contribution is 0.382. The highest BCUT2D eigenvalue weighted by Gasteiger charge is 2.29. The average Bonchev–Trinajstić information content (AvgIpc) is 2.88. The number of para-hydroxylation sites is 1. The zero-order valence-corrected chi connectivity index (χ0v) is 20.3. The van der Waals surface area contributed by atoms with E-state index in [9.17, 15) is 12.8 Å². The maximum atomic E-state index is 13.2. The number of hydrogen-bond acceptors (Lipinski definition) is 6. The molecule has 10 heteroatoms. The van der Waals surface area contributed by atoms with Crippen molar-refractivity contribution in [2.75, 3.05) is 36.4 Å². The van der Waals surface area contributed by atoms with Gasteiger partial charge in [0.1, 0.15) is 11.6 Å². The van der Waals surface area contributed by atoms with E-state index >= 15 is 0 Å². The molecule has 0 aliphatic carbocycles. The third-order valence-electron chi connectivity index (χ3n) is 5.94. The highest BCUT2D eigenvalue weighted by atomic mass is 35.5. The first-order chi connectivity index (χ1) is 16.9. The van der Waals surface area contributed by atoms with Gasteiger partial charge in [0.2, 0.25) is 16.0 Å². The van der Waals surface area contributed by atoms with Gasteiger partial charge >= 0.3 is 0 Å². The van der Waals surface area contributed by atoms with Gasteiger partial charge in [-0.2, -0.15) is 9.29 Å². The molecule has 0 spiro atoms. The van der Waals surface area contributed by atoms with Crippen LogP contribution in [0.2, 0.25) is 5.02 Å². The Balaban J connectivity index is 1.34. The van der Waals surface area contributed by atoms with Crippen LogP contribution in [0.15, 0.2) is 77.7 Å². The largest absolute Gasteiger partial charge is 0.365 e. The van der Waals surface area contributed by atoms with Crippen molar-refractivity contribution in [2.24, 2.45) is 0 Å². The lowest BCUT2D eigenvalue weighted by atomic mass is 10.2. The van der Waals surface area contributed by atoms with Crippen molar-refractivity contribution < 1.29 is 12.8 Å². The summed E-state index contributed by atoms with van der Waals surface area (Å²) in [6.07, 6.45) is 0. The second-order valence-electron chi connectivity index (χ2n) is 8.21. The molecule has 4 aromatic rings. The highest BCUT2D eigenvalue weighted by Crippen LogP contribution is 2.26. The van der Waals surface area contributed by atoms with Gasteiger partial charge in [-0.05, 0) is 54.1 Å². The fraction of sp³-hybridized carbons (Fsp3) is 0.200. The standard InChI is InChI=1S/C25H23ClFN5O2S/c26-19-7-11-21(12-8-19)35(33,34)32-15-13-31(14-16-32)25-29-23-4-2-1-3-22(23)24(30-25)28-17-18-5-9-20(27)10-6-18/h1-12H,13-17H2,(H,28,29,30). The first kappa shape index (κ1) is 23.5. The number of aromatic nitrogens is 2. The molecule has 1 aromatic heterocycles. The van der Waals surface area contributed by atoms with Crippen LogP contribution in [0, 0.1) is 5.82 Å². The second kappa shape index (κ2) is 9.77. The van der Waals surface area contributed by atoms with E-state index in [-0.39, 0.29) is 10.7 Å². The van der Waals surface area contributed by atoms with Crippen molar-refractivity contribution in [3.8, 4) is 0 Å². The van der Waals surface area contributed by atoms with E-state index < -0.39 is 10.0 Å². The van der Waals surface area contributed by atoms with Crippen LogP contribution in [0.1, 0.15) is 5.56 Å². The van der Waals surface area contributed by atoms with E-state index in [0.717, 1.165) is 16.5 Å². The van der Waals surface area contributed by atoms with Crippen LogP contribution in [-0.4, -0.2) is 48.9 Å². The molecule has 180 valence electrons. The first-order valence-corrected chi connectivity index (χ1v) is 13.0. The van der Waals surface area contributed by atoms with E-state index in [0.29, 0.717) is 49.5 Å². The number of piperazine rings is 1. The van der Waals surface area contributed by atoms with Crippen LogP contribution in [0.4, 0.5) is 16.2 Å². The Hall–Kier alpha value is -3.27. The molecule has 0 unspecified atom stereocenters. The van der Waals surface area contributed by atoms with Crippen molar-refractivity contribution in [3.63, 3.8) is 0 Å². The number of sulfonamides is 1. The van der Waals surface area contributed by atoms with Crippen molar-refractivity contribution >= 4 is 44.3 Å². The summed E-state index contributed by atoms with van der Waals surface area (Å²) in [5.41, 5.74) is 1.71. The number of rotatable bonds is 6. The van der Waals surface area contributed by atoms with Crippen LogP contribution < -0.4 is 10.2 Å². The predicted molar refractivity (Wildman–Crippen MR) is 136 cm³/mol. The smallest absolute Gasteiger partial charge is 0.243 e. The molecular weight excluding hydrogens is 489 g/mol. The van der Waals surface area contributed by atoms with Crippen LogP contribution >= 0.6 is 11.6 Å². The minimum atomic E-state index is -3.60. The van der Waals surface area contributed by atoms with Gasteiger partial charge in [-0.25, -0.2) is 17.8 Å². The Kier molecular flexibility index (Phi) is 6.55. The van der Waals surface area contributed by atoms with E-state index in [2.05, 4.69) is 5.32 Å². The van der Waals surface area contributed by atoms with E-state index in [1.54, 1.807) is 24.3 Å². The molecule has 1 aliphatic heterocycles. The van der Waals surface area contributed by atoms with Gasteiger partial charge in [0.15, 0.2) is 0 Å². The maximum Gasteiger partial charge on any atom is 0.243 e. The van der Waals surface area contributed by atoms with Crippen LogP contribution in [0.25, 0.3) is 10.9 Å². The minimum Gasteiger partial charge on any atom is -0.365 e. The fourth-order valence-electron chi connectivity index (χ4n) is 4.01. The number of nitrogens with zero attached hydrogens (tertiary/aromatic N) is 4. The normalized spacial score (nSPS) is 14.9. The molecule has 3 aromatic carbocycles. The molecule has 0 atom stereocenters. The molecule has 1 saturated heterocycles. The lowest BCUT2D eigenvalue weighted by Gasteiger charge is -2.34. The highest BCUT2D eigenvalue weighted by molar-refractivity contribution is 7.89. The van der Waals surface area contributed by atoms with Gasteiger partial charge in [0, 0.05) is 43.1 Å². The van der Waals surface area contributed by atoms with Gasteiger partial charge in [-0.1, -0.05) is 35.9 Å². The number of hydrogen-bond donors (Lipinski definition) is 1. The first-order valence-electron chi connectivity index (χ1n) is 11.2. The van der Waals surface area contributed by atoms with Crippen molar-refractivity contribution in [2.45, 2.75) is 11.4 Å². The molecule has 2 heterocycles. The lowest BCUT2D eigenvalue weighted by Crippen LogP contribution is -2.49. The van der Waals surface area contributed by atoms with Gasteiger partial charge in [0.05, 0.1) is 10.4 Å². The third kappa shape index (κ3) is 5.07. The summed E-state index contributed by atoms with van der Waals surface area (Å²) in [5, 5.41) is 4.71. The average molecular weight is 512 g/mol. The number of anilines is 2. The van der Waals surface area contributed by atoms with Gasteiger partial charge in [-0.15, -0.1) is 0 Å². The maximum absolute atomic E-state index is 13.2. The van der Waals surface area contributed by atoms with Crippen LogP contribution in [0.3, 0.4) is 0 Å². The molecule has 5 rings (SSSR count). The minimum absolute atomic E-state index is 0.226. The fourth-order valence-corrected chi connectivity index (χ4v) is 5.56. The Bertz CT molecular complexity index is 1440.